The van der Waals surface area contributed by atoms with Crippen LogP contribution in [0, 0.1) is 11.3 Å². The Kier molecular flexibility index (Phi) is 49.5. The van der Waals surface area contributed by atoms with Crippen LogP contribution in [0.5, 0.6) is 0 Å². The average molecular weight is 1650 g/mol. The number of phosphoric acid groups is 1. The zero-order chi connectivity index (χ0) is 82.8. The van der Waals surface area contributed by atoms with Crippen molar-refractivity contribution in [3.05, 3.63) is 238 Å². The number of unbranched alkanes of at least 4 members (excludes halogenated alkanes) is 27. The van der Waals surface area contributed by atoms with Crippen LogP contribution in [0.2, 0.25) is 0 Å². The van der Waals surface area contributed by atoms with E-state index in [0.717, 1.165) is 78.3 Å². The van der Waals surface area contributed by atoms with E-state index >= 15 is 9.36 Å². The number of nitrogens with zero attached hydrogens (tertiary/aromatic N) is 4. The molecule has 0 spiro atoms. The van der Waals surface area contributed by atoms with E-state index in [4.69, 9.17) is 65.7 Å². The Labute approximate surface area is 705 Å². The molecule has 646 valence electrons. The molecule has 6 aromatic carbocycles. The van der Waals surface area contributed by atoms with Gasteiger partial charge in [0, 0.05) is 17.9 Å². The Balaban J connectivity index is 1.19. The van der Waals surface area contributed by atoms with Crippen molar-refractivity contribution in [1.82, 2.24) is 0 Å². The molecule has 118 heavy (non-hydrogen) atoms. The van der Waals surface area contributed by atoms with Crippen molar-refractivity contribution in [2.45, 2.75) is 326 Å². The van der Waals surface area contributed by atoms with Gasteiger partial charge in [-0.05, 0) is 51.8 Å². The van der Waals surface area contributed by atoms with E-state index in [1.54, 1.807) is 6.08 Å². The molecule has 0 bridgehead atoms. The third-order valence-electron chi connectivity index (χ3n) is 21.6. The lowest BCUT2D eigenvalue weighted by molar-refractivity contribution is -0.333. The molecule has 0 radical (unpaired) electrons. The summed E-state index contributed by atoms with van der Waals surface area (Å²) < 4.78 is 114. The van der Waals surface area contributed by atoms with Crippen molar-refractivity contribution >= 4 is 13.8 Å². The van der Waals surface area contributed by atoms with Crippen molar-refractivity contribution in [2.24, 2.45) is 5.11 Å². The first kappa shape index (κ1) is 96.5. The van der Waals surface area contributed by atoms with Crippen LogP contribution in [0.1, 0.15) is 246 Å². The highest BCUT2D eigenvalue weighted by atomic mass is 31.2. The first-order valence-electron chi connectivity index (χ1n) is 44.4. The lowest BCUT2D eigenvalue weighted by Gasteiger charge is -2.51. The minimum atomic E-state index is -5.13. The number of carbonyl (C=O) groups excluding carboxylic acids is 1. The summed E-state index contributed by atoms with van der Waals surface area (Å²) in [4.78, 5) is 18.8. The molecular weight excluding hydrogens is 1510 g/mol. The SMILES string of the molecule is C=CCO[C@H]1[C@H](OCc2ccccc2)[C@@H](N=[N+]=[N-])[C@@H](O[C@@H]2[C@@H](OCc3ccccc3)[C@H](OCc3ccccc3)[C@@H](OCc3ccccc3)[C@@H](OC(=O)CCCCCCCCCCCCCCC)[C@H]2OP(=O)(OCCC#N)OC[C@@H](COCCCCCCCCCCCCCCCCCC)OCc2ccccc2)O[C@@H]1COCc1ccccc1. The maximum atomic E-state index is 16.7. The van der Waals surface area contributed by atoms with E-state index in [1.165, 1.54) is 135 Å². The molecule has 2 aliphatic rings. The summed E-state index contributed by atoms with van der Waals surface area (Å²) in [6, 6.07) is 58.4. The quantitative estimate of drug-likeness (QED) is 0.00656. The van der Waals surface area contributed by atoms with Crippen LogP contribution >= 0.6 is 7.82 Å². The fourth-order valence-electron chi connectivity index (χ4n) is 15.1. The smallest absolute Gasteiger partial charge is 0.457 e. The van der Waals surface area contributed by atoms with E-state index in [9.17, 15) is 10.8 Å². The second kappa shape index (κ2) is 60.5. The predicted octanol–water partition coefficient (Wildman–Crippen LogP) is 23.6. The zero-order valence-corrected chi connectivity index (χ0v) is 71.6. The fraction of sp³-hybridized carbons (Fsp3) is 0.588. The van der Waals surface area contributed by atoms with E-state index in [2.05, 4.69) is 36.5 Å². The number of hydrogen-bond acceptors (Lipinski definition) is 18. The van der Waals surface area contributed by atoms with Gasteiger partial charge in [0.15, 0.2) is 12.4 Å². The summed E-state index contributed by atoms with van der Waals surface area (Å²) in [5.74, 6) is -0.607. The normalized spacial score (nSPS) is 20.6. The van der Waals surface area contributed by atoms with Crippen LogP contribution in [0.4, 0.5) is 0 Å². The van der Waals surface area contributed by atoms with Gasteiger partial charge >= 0.3 is 13.8 Å². The first-order chi connectivity index (χ1) is 58.2. The standard InChI is InChI=1S/C97H137N4O16P/c1-4-7-9-11-13-15-17-19-20-21-23-25-27-29-31-51-68-104-76-85(107-71-80-55-40-33-41-56-80)77-113-118(103,112-69-52-66-98)117-96-94(115-87(102)65-50-30-28-26-24-22-18-16-14-12-10-8-5-2)92(110-74-83-61-46-36-47-62-83)91(109-73-82-59-44-35-45-60-82)93(111-75-84-63-48-37-49-64-84)95(96)116-97-88(100-101-99)90(108-72-81-57-42-34-43-58-81)89(106-67-6-3)86(114-97)78-105-70-79-53-38-32-39-54-79/h6,32-49,53-64,85-86,88-97H,3-5,7-31,50-52,65,67-78H2,1-2H3/t85-,86-,88-,89-,90-,91-,92-,93+,94-,95-,96-,97-,118?/m1/s1. The van der Waals surface area contributed by atoms with E-state index in [-0.39, 0.29) is 72.3 Å². The molecule has 13 atom stereocenters. The number of rotatable bonds is 67. The number of carbonyl (C=O) groups is 1. The molecule has 1 aliphatic heterocycles. The Morgan fingerprint density at radius 3 is 1.30 bits per heavy atom. The topological polar surface area (TPSA) is 236 Å². The Morgan fingerprint density at radius 2 is 0.864 bits per heavy atom. The highest BCUT2D eigenvalue weighted by Gasteiger charge is 2.60. The van der Waals surface area contributed by atoms with Crippen LogP contribution in [-0.2, 0) is 115 Å². The molecule has 1 unspecified atom stereocenters. The van der Waals surface area contributed by atoms with Gasteiger partial charge < -0.3 is 52.1 Å². The highest BCUT2D eigenvalue weighted by Crippen LogP contribution is 2.54. The number of nitriles is 1. The summed E-state index contributed by atoms with van der Waals surface area (Å²) >= 11 is 0. The second-order valence-electron chi connectivity index (χ2n) is 31.3. The molecule has 8 rings (SSSR count). The minimum Gasteiger partial charge on any atom is -0.457 e. The van der Waals surface area contributed by atoms with Gasteiger partial charge in [0.2, 0.25) is 0 Å². The molecule has 6 aromatic rings. The first-order valence-corrected chi connectivity index (χ1v) is 45.9. The van der Waals surface area contributed by atoms with Gasteiger partial charge in [-0.25, -0.2) is 4.57 Å². The van der Waals surface area contributed by atoms with Gasteiger partial charge in [0.25, 0.3) is 0 Å². The summed E-state index contributed by atoms with van der Waals surface area (Å²) in [5.41, 5.74) is 15.8. The Hall–Kier alpha value is -6.96. The number of esters is 1. The minimum absolute atomic E-state index is 0.00399. The molecule has 1 aliphatic carbocycles. The van der Waals surface area contributed by atoms with E-state index in [1.807, 2.05) is 182 Å². The maximum Gasteiger partial charge on any atom is 0.475 e. The molecule has 0 aromatic heterocycles. The predicted molar refractivity (Wildman–Crippen MR) is 463 cm³/mol. The van der Waals surface area contributed by atoms with Crippen molar-refractivity contribution in [2.75, 3.05) is 39.6 Å². The summed E-state index contributed by atoms with van der Waals surface area (Å²) in [6.07, 6.45) is 21.1. The van der Waals surface area contributed by atoms with Crippen molar-refractivity contribution in [3.63, 3.8) is 0 Å². The monoisotopic (exact) mass is 1640 g/mol. The van der Waals surface area contributed by atoms with Crippen LogP contribution in [0.15, 0.2) is 200 Å². The molecule has 1 saturated heterocycles. The summed E-state index contributed by atoms with van der Waals surface area (Å²) in [5, 5.41) is 14.7. The maximum absolute atomic E-state index is 16.7. The van der Waals surface area contributed by atoms with Crippen LogP contribution < -0.4 is 0 Å². The molecule has 20 nitrogen and oxygen atoms in total. The van der Waals surface area contributed by atoms with Gasteiger partial charge in [-0.3, -0.25) is 18.4 Å². The third kappa shape index (κ3) is 38.0. The van der Waals surface area contributed by atoms with Crippen LogP contribution in [-0.4, -0.2) is 119 Å². The number of azide groups is 1. The molecule has 2 fully saturated rings. The van der Waals surface area contributed by atoms with Crippen LogP contribution in [0.25, 0.3) is 10.4 Å². The summed E-state index contributed by atoms with van der Waals surface area (Å²) in [7, 11) is -5.13. The molecule has 1 heterocycles. The van der Waals surface area contributed by atoms with Crippen molar-refractivity contribution < 1.29 is 75.0 Å². The summed E-state index contributed by atoms with van der Waals surface area (Å²) in [6.45, 7) is 8.39. The van der Waals surface area contributed by atoms with Crippen molar-refractivity contribution in [1.29, 1.82) is 5.26 Å². The zero-order valence-electron chi connectivity index (χ0n) is 70.7. The number of hydrogen-bond donors (Lipinski definition) is 0. The van der Waals surface area contributed by atoms with Gasteiger partial charge in [0.1, 0.15) is 61.0 Å². The third-order valence-corrected chi connectivity index (χ3v) is 23.1. The second-order valence-corrected chi connectivity index (χ2v) is 32.9. The largest absolute Gasteiger partial charge is 0.475 e. The molecule has 1 saturated carbocycles. The lowest BCUT2D eigenvalue weighted by atomic mass is 9.83. The lowest BCUT2D eigenvalue weighted by Crippen LogP contribution is -2.69. The van der Waals surface area contributed by atoms with E-state index < -0.39 is 100 Å². The number of phosphoric ester groups is 1. The molecule has 0 N–H and O–H groups in total. The molecular formula is C97H137N4O16P. The Bertz CT molecular complexity index is 3660. The Morgan fingerprint density at radius 1 is 0.466 bits per heavy atom. The van der Waals surface area contributed by atoms with Crippen molar-refractivity contribution in [3.8, 4) is 6.07 Å². The highest BCUT2D eigenvalue weighted by molar-refractivity contribution is 7.48. The number of ether oxygens (including phenoxy) is 11. The fourth-order valence-corrected chi connectivity index (χ4v) is 16.5. The van der Waals surface area contributed by atoms with Gasteiger partial charge in [-0.2, -0.15) is 5.26 Å². The molecule has 0 amide bonds. The van der Waals surface area contributed by atoms with Gasteiger partial charge in [0.05, 0.1) is 85.2 Å². The average Bonchev–Trinajstić information content (AvgIpc) is 0.747. The molecule has 21 heteroatoms. The van der Waals surface area contributed by atoms with Crippen LogP contribution in [0.3, 0.4) is 0 Å². The van der Waals surface area contributed by atoms with Gasteiger partial charge in [-0.15, -0.1) is 6.58 Å². The van der Waals surface area contributed by atoms with E-state index in [0.29, 0.717) is 13.0 Å². The number of benzene rings is 6. The van der Waals surface area contributed by atoms with Gasteiger partial charge in [-0.1, -0.05) is 380 Å².